The van der Waals surface area contributed by atoms with Crippen LogP contribution in [0.2, 0.25) is 0 Å². The molecule has 0 fully saturated rings. The molecule has 0 aliphatic heterocycles. The molecule has 5 heteroatoms. The molecule has 0 atom stereocenters. The van der Waals surface area contributed by atoms with Crippen LogP contribution in [0, 0.1) is 0 Å². The summed E-state index contributed by atoms with van der Waals surface area (Å²) >= 11 is 1.56. The smallest absolute Gasteiger partial charge is 0.158 e. The zero-order chi connectivity index (χ0) is 12.3. The van der Waals surface area contributed by atoms with Crippen LogP contribution in [-0.2, 0) is 11.2 Å². The van der Waals surface area contributed by atoms with Gasteiger partial charge < -0.3 is 14.9 Å². The van der Waals surface area contributed by atoms with E-state index < -0.39 is 0 Å². The van der Waals surface area contributed by atoms with E-state index in [-0.39, 0.29) is 11.5 Å². The van der Waals surface area contributed by atoms with Crippen molar-refractivity contribution in [1.82, 2.24) is 4.98 Å². The molecule has 90 valence electrons. The summed E-state index contributed by atoms with van der Waals surface area (Å²) in [6, 6.07) is 4.69. The average Bonchev–Trinajstić information content (AvgIpc) is 2.79. The Morgan fingerprint density at radius 2 is 2.12 bits per heavy atom. The Balaban J connectivity index is 2.21. The van der Waals surface area contributed by atoms with Gasteiger partial charge in [-0.2, -0.15) is 0 Å². The molecule has 0 saturated heterocycles. The van der Waals surface area contributed by atoms with E-state index in [2.05, 4.69) is 4.98 Å². The normalized spacial score (nSPS) is 10.6. The summed E-state index contributed by atoms with van der Waals surface area (Å²) < 4.78 is 4.99. The van der Waals surface area contributed by atoms with Crippen molar-refractivity contribution in [2.75, 3.05) is 13.7 Å². The lowest BCUT2D eigenvalue weighted by Crippen LogP contribution is -1.93. The third kappa shape index (κ3) is 2.75. The standard InChI is InChI=1S/C12H13NO3S/c1-16-5-4-12-13-9(7-17-12)8-2-3-10(14)11(15)6-8/h2-3,6-7,14-15H,4-5H2,1H3. The molecule has 0 aliphatic rings. The van der Waals surface area contributed by atoms with Gasteiger partial charge in [0.15, 0.2) is 11.5 Å². The summed E-state index contributed by atoms with van der Waals surface area (Å²) in [7, 11) is 1.66. The van der Waals surface area contributed by atoms with Gasteiger partial charge in [0.05, 0.1) is 17.3 Å². The summed E-state index contributed by atoms with van der Waals surface area (Å²) in [5.74, 6) is -0.252. The Bertz CT molecular complexity index is 510. The Hall–Kier alpha value is -1.59. The number of phenols is 2. The van der Waals surface area contributed by atoms with Crippen LogP contribution in [0.3, 0.4) is 0 Å². The fourth-order valence-corrected chi connectivity index (χ4v) is 2.22. The Labute approximate surface area is 103 Å². The Kier molecular flexibility index (Phi) is 3.61. The zero-order valence-corrected chi connectivity index (χ0v) is 10.2. The van der Waals surface area contributed by atoms with Gasteiger partial charge in [0.1, 0.15) is 0 Å². The zero-order valence-electron chi connectivity index (χ0n) is 9.38. The molecule has 1 aromatic heterocycles. The minimum Gasteiger partial charge on any atom is -0.504 e. The third-order valence-electron chi connectivity index (χ3n) is 2.34. The van der Waals surface area contributed by atoms with Crippen LogP contribution < -0.4 is 0 Å². The van der Waals surface area contributed by atoms with Crippen LogP contribution in [0.15, 0.2) is 23.6 Å². The summed E-state index contributed by atoms with van der Waals surface area (Å²) in [6.07, 6.45) is 0.783. The summed E-state index contributed by atoms with van der Waals surface area (Å²) in [5.41, 5.74) is 1.59. The molecule has 0 unspecified atom stereocenters. The van der Waals surface area contributed by atoms with E-state index in [1.807, 2.05) is 5.38 Å². The molecule has 1 heterocycles. The van der Waals surface area contributed by atoms with E-state index in [4.69, 9.17) is 4.74 Å². The molecular weight excluding hydrogens is 238 g/mol. The quantitative estimate of drug-likeness (QED) is 0.819. The SMILES string of the molecule is COCCc1nc(-c2ccc(O)c(O)c2)cs1. The van der Waals surface area contributed by atoms with E-state index in [1.54, 1.807) is 24.5 Å². The number of nitrogens with zero attached hydrogens (tertiary/aromatic N) is 1. The van der Waals surface area contributed by atoms with Crippen molar-refractivity contribution >= 4 is 11.3 Å². The van der Waals surface area contributed by atoms with E-state index in [9.17, 15) is 10.2 Å². The van der Waals surface area contributed by atoms with Gasteiger partial charge in [-0.25, -0.2) is 4.98 Å². The van der Waals surface area contributed by atoms with Gasteiger partial charge in [-0.05, 0) is 18.2 Å². The number of aromatic hydroxyl groups is 2. The number of methoxy groups -OCH3 is 1. The van der Waals surface area contributed by atoms with Crippen molar-refractivity contribution in [2.45, 2.75) is 6.42 Å². The first-order chi connectivity index (χ1) is 8.20. The molecular formula is C12H13NO3S. The molecule has 2 aromatic rings. The molecule has 0 amide bonds. The van der Waals surface area contributed by atoms with Crippen LogP contribution in [-0.4, -0.2) is 28.9 Å². The van der Waals surface area contributed by atoms with Crippen molar-refractivity contribution in [3.63, 3.8) is 0 Å². The lowest BCUT2D eigenvalue weighted by molar-refractivity contribution is 0.202. The second-order valence-corrected chi connectivity index (χ2v) is 4.52. The number of ether oxygens (including phenoxy) is 1. The van der Waals surface area contributed by atoms with Crippen LogP contribution in [0.1, 0.15) is 5.01 Å². The summed E-state index contributed by atoms with van der Waals surface area (Å²) in [4.78, 5) is 4.43. The fourth-order valence-electron chi connectivity index (χ4n) is 1.43. The van der Waals surface area contributed by atoms with Gasteiger partial charge in [-0.15, -0.1) is 11.3 Å². The lowest BCUT2D eigenvalue weighted by Gasteiger charge is -2.00. The van der Waals surface area contributed by atoms with Crippen molar-refractivity contribution in [1.29, 1.82) is 0 Å². The Morgan fingerprint density at radius 1 is 1.29 bits per heavy atom. The van der Waals surface area contributed by atoms with Crippen LogP contribution >= 0.6 is 11.3 Å². The average molecular weight is 251 g/mol. The van der Waals surface area contributed by atoms with Crippen molar-refractivity contribution in [3.05, 3.63) is 28.6 Å². The Morgan fingerprint density at radius 3 is 2.82 bits per heavy atom. The number of hydrogen-bond donors (Lipinski definition) is 2. The predicted molar refractivity (Wildman–Crippen MR) is 66.5 cm³/mol. The van der Waals surface area contributed by atoms with Crippen LogP contribution in [0.4, 0.5) is 0 Å². The molecule has 0 aliphatic carbocycles. The first-order valence-corrected chi connectivity index (χ1v) is 6.04. The highest BCUT2D eigenvalue weighted by molar-refractivity contribution is 7.09. The number of aromatic nitrogens is 1. The number of rotatable bonds is 4. The van der Waals surface area contributed by atoms with Gasteiger partial charge in [-0.1, -0.05) is 0 Å². The second-order valence-electron chi connectivity index (χ2n) is 3.57. The van der Waals surface area contributed by atoms with Crippen LogP contribution in [0.5, 0.6) is 11.5 Å². The maximum atomic E-state index is 9.42. The molecule has 17 heavy (non-hydrogen) atoms. The van der Waals surface area contributed by atoms with E-state index in [1.165, 1.54) is 12.1 Å². The van der Waals surface area contributed by atoms with Crippen molar-refractivity contribution < 1.29 is 14.9 Å². The maximum Gasteiger partial charge on any atom is 0.158 e. The minimum atomic E-state index is -0.131. The highest BCUT2D eigenvalue weighted by Gasteiger charge is 2.07. The number of thiazole rings is 1. The molecule has 0 radical (unpaired) electrons. The molecule has 0 bridgehead atoms. The second kappa shape index (κ2) is 5.16. The monoisotopic (exact) mass is 251 g/mol. The van der Waals surface area contributed by atoms with E-state index in [0.717, 1.165) is 22.7 Å². The topological polar surface area (TPSA) is 62.6 Å². The van der Waals surface area contributed by atoms with Gasteiger partial charge in [0.2, 0.25) is 0 Å². The number of phenolic OH excluding ortho intramolecular Hbond substituents is 2. The predicted octanol–water partition coefficient (Wildman–Crippen LogP) is 2.41. The lowest BCUT2D eigenvalue weighted by atomic mass is 10.1. The molecule has 2 N–H and O–H groups in total. The first-order valence-electron chi connectivity index (χ1n) is 5.16. The van der Waals surface area contributed by atoms with E-state index in [0.29, 0.717) is 6.61 Å². The minimum absolute atomic E-state index is 0.122. The number of benzene rings is 1. The fraction of sp³-hybridized carbons (Fsp3) is 0.250. The van der Waals surface area contributed by atoms with Crippen LogP contribution in [0.25, 0.3) is 11.3 Å². The number of hydrogen-bond acceptors (Lipinski definition) is 5. The van der Waals surface area contributed by atoms with Crippen molar-refractivity contribution in [2.24, 2.45) is 0 Å². The molecule has 0 spiro atoms. The molecule has 0 saturated carbocycles. The summed E-state index contributed by atoms with van der Waals surface area (Å²) in [6.45, 7) is 0.647. The largest absolute Gasteiger partial charge is 0.504 e. The van der Waals surface area contributed by atoms with Gasteiger partial charge in [-0.3, -0.25) is 0 Å². The van der Waals surface area contributed by atoms with Gasteiger partial charge >= 0.3 is 0 Å². The molecule has 1 aromatic carbocycles. The third-order valence-corrected chi connectivity index (χ3v) is 3.25. The maximum absolute atomic E-state index is 9.42. The summed E-state index contributed by atoms with van der Waals surface area (Å²) in [5, 5.41) is 21.6. The highest BCUT2D eigenvalue weighted by atomic mass is 32.1. The van der Waals surface area contributed by atoms with E-state index >= 15 is 0 Å². The van der Waals surface area contributed by atoms with Gasteiger partial charge in [0.25, 0.3) is 0 Å². The van der Waals surface area contributed by atoms with Gasteiger partial charge in [0, 0.05) is 24.5 Å². The van der Waals surface area contributed by atoms with Crippen molar-refractivity contribution in [3.8, 4) is 22.8 Å². The first kappa shape index (κ1) is 11.9. The highest BCUT2D eigenvalue weighted by Crippen LogP contribution is 2.31. The molecule has 2 rings (SSSR count). The molecule has 4 nitrogen and oxygen atoms in total.